The third-order valence-electron chi connectivity index (χ3n) is 4.11. The molecule has 0 spiro atoms. The molecule has 4 nitrogen and oxygen atoms in total. The van der Waals surface area contributed by atoms with Crippen molar-refractivity contribution in [3.05, 3.63) is 89.5 Å². The molecule has 26 heavy (non-hydrogen) atoms. The topological polar surface area (TPSA) is 57.8 Å². The average Bonchev–Trinajstić information content (AvgIpc) is 3.17. The molecule has 1 heterocycles. The maximum Gasteiger partial charge on any atom is 0.230 e. The van der Waals surface area contributed by atoms with E-state index in [0.717, 1.165) is 17.1 Å². The van der Waals surface area contributed by atoms with Crippen LogP contribution in [0.2, 0.25) is 0 Å². The quantitative estimate of drug-likeness (QED) is 0.633. The number of rotatable bonds is 8. The zero-order valence-corrected chi connectivity index (χ0v) is 15.6. The summed E-state index contributed by atoms with van der Waals surface area (Å²) in [6, 6.07) is 18.4. The molecule has 1 aromatic heterocycles. The second-order valence-electron chi connectivity index (χ2n) is 6.25. The Morgan fingerprint density at radius 3 is 2.62 bits per heavy atom. The highest BCUT2D eigenvalue weighted by molar-refractivity contribution is 7.99. The van der Waals surface area contributed by atoms with E-state index in [0.29, 0.717) is 12.2 Å². The van der Waals surface area contributed by atoms with E-state index in [9.17, 15) is 4.79 Å². The van der Waals surface area contributed by atoms with Crippen LogP contribution in [-0.2, 0) is 17.0 Å². The summed E-state index contributed by atoms with van der Waals surface area (Å²) in [4.78, 5) is 19.8. The number of benzene rings is 2. The number of nitrogens with one attached hydrogen (secondary N) is 2. The Hall–Kier alpha value is -2.53. The highest BCUT2D eigenvalue weighted by Crippen LogP contribution is 2.18. The monoisotopic (exact) mass is 365 g/mol. The summed E-state index contributed by atoms with van der Waals surface area (Å²) in [7, 11) is 0. The number of hydrogen-bond donors (Lipinski definition) is 2. The highest BCUT2D eigenvalue weighted by Gasteiger charge is 2.16. The maximum absolute atomic E-state index is 12.4. The fourth-order valence-corrected chi connectivity index (χ4v) is 3.52. The summed E-state index contributed by atoms with van der Waals surface area (Å²) in [6.45, 7) is 2.08. The molecule has 1 amide bonds. The van der Waals surface area contributed by atoms with Crippen LogP contribution < -0.4 is 5.32 Å². The van der Waals surface area contributed by atoms with Gasteiger partial charge < -0.3 is 10.3 Å². The Balaban J connectivity index is 1.55. The van der Waals surface area contributed by atoms with Crippen molar-refractivity contribution in [2.24, 2.45) is 0 Å². The van der Waals surface area contributed by atoms with Crippen molar-refractivity contribution in [1.82, 2.24) is 15.3 Å². The van der Waals surface area contributed by atoms with Crippen molar-refractivity contribution in [2.45, 2.75) is 25.1 Å². The molecule has 3 rings (SSSR count). The summed E-state index contributed by atoms with van der Waals surface area (Å²) in [6.07, 6.45) is 4.18. The first-order chi connectivity index (χ1) is 12.7. The van der Waals surface area contributed by atoms with Crippen LogP contribution >= 0.6 is 11.8 Å². The van der Waals surface area contributed by atoms with E-state index in [2.05, 4.69) is 46.5 Å². The smallest absolute Gasteiger partial charge is 0.230 e. The third-order valence-corrected chi connectivity index (χ3v) is 5.12. The molecule has 2 N–H and O–H groups in total. The molecule has 0 radical (unpaired) electrons. The van der Waals surface area contributed by atoms with Gasteiger partial charge in [0.2, 0.25) is 5.91 Å². The number of amides is 1. The van der Waals surface area contributed by atoms with Crippen LogP contribution in [0.3, 0.4) is 0 Å². The Bertz CT molecular complexity index is 801. The average molecular weight is 366 g/mol. The van der Waals surface area contributed by atoms with Crippen LogP contribution in [0.4, 0.5) is 0 Å². The molecule has 0 saturated carbocycles. The van der Waals surface area contributed by atoms with Gasteiger partial charge in [-0.1, -0.05) is 60.2 Å². The van der Waals surface area contributed by atoms with E-state index in [1.165, 1.54) is 11.1 Å². The van der Waals surface area contributed by atoms with E-state index in [-0.39, 0.29) is 11.9 Å². The van der Waals surface area contributed by atoms with Gasteiger partial charge in [-0.2, -0.15) is 0 Å². The van der Waals surface area contributed by atoms with Crippen molar-refractivity contribution >= 4 is 17.7 Å². The van der Waals surface area contributed by atoms with Crippen LogP contribution in [0.5, 0.6) is 0 Å². The minimum Gasteiger partial charge on any atom is -0.349 e. The summed E-state index contributed by atoms with van der Waals surface area (Å²) < 4.78 is 0. The van der Waals surface area contributed by atoms with Gasteiger partial charge in [0.15, 0.2) is 0 Å². The molecule has 0 fully saturated rings. The highest BCUT2D eigenvalue weighted by atomic mass is 32.2. The summed E-state index contributed by atoms with van der Waals surface area (Å²) >= 11 is 1.63. The molecule has 0 aliphatic rings. The van der Waals surface area contributed by atoms with Crippen LogP contribution in [-0.4, -0.2) is 21.6 Å². The number of carbonyl (C=O) groups excluding carboxylic acids is 1. The van der Waals surface area contributed by atoms with Crippen LogP contribution in [0.1, 0.15) is 28.6 Å². The number of hydrogen-bond acceptors (Lipinski definition) is 3. The molecule has 1 atom stereocenters. The van der Waals surface area contributed by atoms with Gasteiger partial charge in [0, 0.05) is 24.6 Å². The first kappa shape index (κ1) is 18.3. The maximum atomic E-state index is 12.4. The normalized spacial score (nSPS) is 11.9. The van der Waals surface area contributed by atoms with E-state index in [1.807, 2.05) is 30.3 Å². The van der Waals surface area contributed by atoms with Gasteiger partial charge in [-0.15, -0.1) is 11.8 Å². The molecule has 3 aromatic rings. The van der Waals surface area contributed by atoms with E-state index in [4.69, 9.17) is 0 Å². The molecule has 0 aliphatic carbocycles. The number of aromatic nitrogens is 2. The van der Waals surface area contributed by atoms with E-state index < -0.39 is 0 Å². The Morgan fingerprint density at radius 1 is 1.15 bits per heavy atom. The number of thioether (sulfide) groups is 1. The molecule has 134 valence electrons. The minimum atomic E-state index is -0.0881. The van der Waals surface area contributed by atoms with Crippen molar-refractivity contribution in [1.29, 1.82) is 0 Å². The number of H-pyrrole nitrogens is 1. The number of imidazole rings is 1. The predicted molar refractivity (Wildman–Crippen MR) is 107 cm³/mol. The molecule has 0 saturated heterocycles. The first-order valence-corrected chi connectivity index (χ1v) is 9.82. The molecule has 0 unspecified atom stereocenters. The van der Waals surface area contributed by atoms with Crippen molar-refractivity contribution in [3.63, 3.8) is 0 Å². The van der Waals surface area contributed by atoms with Gasteiger partial charge in [0.05, 0.1) is 11.8 Å². The lowest BCUT2D eigenvalue weighted by Gasteiger charge is -2.18. The SMILES string of the molecule is Cc1ccc(CSCC(=O)N[C@H](Cc2ncc[nH]2)c2ccccc2)cc1. The number of nitrogens with zero attached hydrogens (tertiary/aromatic N) is 1. The van der Waals surface area contributed by atoms with Crippen LogP contribution in [0.25, 0.3) is 0 Å². The fraction of sp³-hybridized carbons (Fsp3) is 0.238. The predicted octanol–water partition coefficient (Wildman–Crippen LogP) is 4.05. The Morgan fingerprint density at radius 2 is 1.92 bits per heavy atom. The second kappa shape index (κ2) is 9.25. The largest absolute Gasteiger partial charge is 0.349 e. The first-order valence-electron chi connectivity index (χ1n) is 8.66. The molecule has 5 heteroatoms. The molecular weight excluding hydrogens is 342 g/mol. The standard InChI is InChI=1S/C21H23N3OS/c1-16-7-9-17(10-8-16)14-26-15-21(25)24-19(13-20-22-11-12-23-20)18-5-3-2-4-6-18/h2-12,19H,13-15H2,1H3,(H,22,23)(H,24,25)/t19-/m1/s1. The number of aromatic amines is 1. The second-order valence-corrected chi connectivity index (χ2v) is 7.23. The summed E-state index contributed by atoms with van der Waals surface area (Å²) in [5, 5.41) is 3.15. The fourth-order valence-electron chi connectivity index (χ4n) is 2.72. The number of carbonyl (C=O) groups is 1. The lowest BCUT2D eigenvalue weighted by atomic mass is 10.0. The molecule has 2 aromatic carbocycles. The zero-order chi connectivity index (χ0) is 18.2. The third kappa shape index (κ3) is 5.49. The van der Waals surface area contributed by atoms with Crippen molar-refractivity contribution < 1.29 is 4.79 Å². The Labute approximate surface area is 158 Å². The lowest BCUT2D eigenvalue weighted by Crippen LogP contribution is -2.31. The van der Waals surface area contributed by atoms with Crippen LogP contribution in [0.15, 0.2) is 67.0 Å². The van der Waals surface area contributed by atoms with Gasteiger partial charge in [0.1, 0.15) is 5.82 Å². The minimum absolute atomic E-state index is 0.0440. The lowest BCUT2D eigenvalue weighted by molar-refractivity contribution is -0.119. The summed E-state index contributed by atoms with van der Waals surface area (Å²) in [5.41, 5.74) is 3.57. The number of aryl methyl sites for hydroxylation is 1. The summed E-state index contributed by atoms with van der Waals surface area (Å²) in [5.74, 6) is 2.19. The molecule has 0 aliphatic heterocycles. The zero-order valence-electron chi connectivity index (χ0n) is 14.8. The van der Waals surface area contributed by atoms with Gasteiger partial charge in [-0.05, 0) is 18.1 Å². The van der Waals surface area contributed by atoms with Gasteiger partial charge in [0.25, 0.3) is 0 Å². The van der Waals surface area contributed by atoms with Crippen molar-refractivity contribution in [2.75, 3.05) is 5.75 Å². The van der Waals surface area contributed by atoms with Crippen molar-refractivity contribution in [3.8, 4) is 0 Å². The molecule has 0 bridgehead atoms. The van der Waals surface area contributed by atoms with E-state index in [1.54, 1.807) is 24.2 Å². The van der Waals surface area contributed by atoms with Crippen LogP contribution in [0, 0.1) is 6.92 Å². The van der Waals surface area contributed by atoms with Gasteiger partial charge in [-0.3, -0.25) is 4.79 Å². The van der Waals surface area contributed by atoms with Gasteiger partial charge in [-0.25, -0.2) is 4.98 Å². The van der Waals surface area contributed by atoms with E-state index >= 15 is 0 Å². The molecular formula is C21H23N3OS. The Kier molecular flexibility index (Phi) is 6.50. The van der Waals surface area contributed by atoms with Gasteiger partial charge >= 0.3 is 0 Å².